The van der Waals surface area contributed by atoms with Gasteiger partial charge in [0.15, 0.2) is 0 Å². The number of carbonyl (C=O) groups is 3. The summed E-state index contributed by atoms with van der Waals surface area (Å²) >= 11 is 11.8. The monoisotopic (exact) mass is 333 g/mol. The Hall–Kier alpha value is -1.79. The molecule has 8 heteroatoms. The van der Waals surface area contributed by atoms with Gasteiger partial charge in [0.1, 0.15) is 6.04 Å². The molecule has 1 aromatic carbocycles. The highest BCUT2D eigenvalue weighted by Crippen LogP contribution is 2.24. The Morgan fingerprint density at radius 1 is 1.29 bits per heavy atom. The van der Waals surface area contributed by atoms with E-state index in [1.807, 2.05) is 0 Å². The summed E-state index contributed by atoms with van der Waals surface area (Å²) in [5.74, 6) is -2.68. The zero-order chi connectivity index (χ0) is 16.0. The Balaban J connectivity index is 2.74. The molecule has 0 unspecified atom stereocenters. The molecule has 114 valence electrons. The van der Waals surface area contributed by atoms with Gasteiger partial charge in [0.25, 0.3) is 0 Å². The molecule has 0 saturated heterocycles. The number of benzene rings is 1. The molecule has 0 radical (unpaired) electrons. The summed E-state index contributed by atoms with van der Waals surface area (Å²) in [6.07, 6.45) is -0.655. The van der Waals surface area contributed by atoms with Crippen molar-refractivity contribution in [1.82, 2.24) is 5.32 Å². The van der Waals surface area contributed by atoms with Gasteiger partial charge >= 0.3 is 11.9 Å². The lowest BCUT2D eigenvalue weighted by Gasteiger charge is -2.14. The van der Waals surface area contributed by atoms with E-state index in [1.54, 1.807) is 18.2 Å². The van der Waals surface area contributed by atoms with Crippen molar-refractivity contribution in [3.8, 4) is 0 Å². The summed E-state index contributed by atoms with van der Waals surface area (Å²) in [6.45, 7) is 0. The van der Waals surface area contributed by atoms with Crippen molar-refractivity contribution in [2.75, 3.05) is 7.11 Å². The Bertz CT molecular complexity index is 541. The van der Waals surface area contributed by atoms with E-state index in [-0.39, 0.29) is 6.42 Å². The molecule has 1 atom stereocenters. The quantitative estimate of drug-likeness (QED) is 0.772. The number of amides is 1. The second-order valence-corrected chi connectivity index (χ2v) is 4.93. The fraction of sp³-hybridized carbons (Fsp3) is 0.308. The number of aliphatic carboxylic acids is 1. The number of carbonyl (C=O) groups excluding carboxylic acids is 2. The SMILES string of the molecule is COC(=O)C[C@H](NC(=O)Cc1c(Cl)cccc1Cl)C(=O)O. The maximum absolute atomic E-state index is 11.9. The predicted molar refractivity (Wildman–Crippen MR) is 76.4 cm³/mol. The van der Waals surface area contributed by atoms with E-state index in [2.05, 4.69) is 10.1 Å². The third-order valence-electron chi connectivity index (χ3n) is 2.63. The topological polar surface area (TPSA) is 92.7 Å². The second kappa shape index (κ2) is 7.85. The lowest BCUT2D eigenvalue weighted by Crippen LogP contribution is -2.43. The molecule has 0 saturated carbocycles. The van der Waals surface area contributed by atoms with Gasteiger partial charge in [-0.25, -0.2) is 4.79 Å². The van der Waals surface area contributed by atoms with Crippen LogP contribution in [0.4, 0.5) is 0 Å². The van der Waals surface area contributed by atoms with Crippen LogP contribution >= 0.6 is 23.2 Å². The fourth-order valence-corrected chi connectivity index (χ4v) is 2.09. The van der Waals surface area contributed by atoms with Crippen LogP contribution in [0.25, 0.3) is 0 Å². The molecule has 2 N–H and O–H groups in total. The maximum Gasteiger partial charge on any atom is 0.326 e. The minimum atomic E-state index is -1.37. The number of methoxy groups -OCH3 is 1. The molecular weight excluding hydrogens is 321 g/mol. The van der Waals surface area contributed by atoms with Crippen LogP contribution in [0, 0.1) is 0 Å². The van der Waals surface area contributed by atoms with Gasteiger partial charge in [0.2, 0.25) is 5.91 Å². The molecular formula is C13H13Cl2NO5. The van der Waals surface area contributed by atoms with E-state index in [0.29, 0.717) is 15.6 Å². The fourth-order valence-electron chi connectivity index (χ4n) is 1.56. The van der Waals surface area contributed by atoms with Gasteiger partial charge in [0, 0.05) is 10.0 Å². The van der Waals surface area contributed by atoms with Gasteiger partial charge in [-0.1, -0.05) is 29.3 Å². The van der Waals surface area contributed by atoms with E-state index in [1.165, 1.54) is 0 Å². The molecule has 0 aromatic heterocycles. The van der Waals surface area contributed by atoms with Gasteiger partial charge in [-0.05, 0) is 17.7 Å². The van der Waals surface area contributed by atoms with Crippen molar-refractivity contribution in [3.63, 3.8) is 0 Å². The van der Waals surface area contributed by atoms with Gasteiger partial charge < -0.3 is 15.2 Å². The lowest BCUT2D eigenvalue weighted by molar-refractivity contribution is -0.148. The van der Waals surface area contributed by atoms with Crippen molar-refractivity contribution in [1.29, 1.82) is 0 Å². The molecule has 0 aliphatic carbocycles. The van der Waals surface area contributed by atoms with Gasteiger partial charge in [-0.3, -0.25) is 9.59 Å². The molecule has 1 rings (SSSR count). The number of halogens is 2. The van der Waals surface area contributed by atoms with E-state index >= 15 is 0 Å². The van der Waals surface area contributed by atoms with E-state index in [0.717, 1.165) is 7.11 Å². The number of ether oxygens (including phenoxy) is 1. The first kappa shape index (κ1) is 17.3. The highest BCUT2D eigenvalue weighted by molar-refractivity contribution is 6.36. The first-order valence-corrected chi connectivity index (χ1v) is 6.62. The number of hydrogen-bond donors (Lipinski definition) is 2. The Morgan fingerprint density at radius 2 is 1.86 bits per heavy atom. The van der Waals surface area contributed by atoms with Crippen molar-refractivity contribution in [2.45, 2.75) is 18.9 Å². The molecule has 6 nitrogen and oxygen atoms in total. The van der Waals surface area contributed by atoms with Crippen LogP contribution in [-0.4, -0.2) is 36.1 Å². The Kier molecular flexibility index (Phi) is 6.45. The molecule has 0 aliphatic rings. The maximum atomic E-state index is 11.9. The molecule has 1 aromatic rings. The number of esters is 1. The van der Waals surface area contributed by atoms with Crippen LogP contribution in [-0.2, 0) is 25.5 Å². The van der Waals surface area contributed by atoms with Gasteiger partial charge in [-0.2, -0.15) is 0 Å². The van der Waals surface area contributed by atoms with Crippen LogP contribution in [0.1, 0.15) is 12.0 Å². The average molecular weight is 334 g/mol. The van der Waals surface area contributed by atoms with Gasteiger partial charge in [0.05, 0.1) is 20.0 Å². The van der Waals surface area contributed by atoms with Crippen molar-refractivity contribution in [2.24, 2.45) is 0 Å². The Labute approximate surface area is 131 Å². The smallest absolute Gasteiger partial charge is 0.326 e. The zero-order valence-electron chi connectivity index (χ0n) is 11.1. The first-order chi connectivity index (χ1) is 9.85. The van der Waals surface area contributed by atoms with Crippen LogP contribution in [0.5, 0.6) is 0 Å². The third-order valence-corrected chi connectivity index (χ3v) is 3.34. The minimum Gasteiger partial charge on any atom is -0.480 e. The van der Waals surface area contributed by atoms with Crippen LogP contribution in [0.2, 0.25) is 10.0 Å². The summed E-state index contributed by atoms with van der Waals surface area (Å²) in [7, 11) is 1.13. The highest BCUT2D eigenvalue weighted by Gasteiger charge is 2.24. The van der Waals surface area contributed by atoms with Gasteiger partial charge in [-0.15, -0.1) is 0 Å². The predicted octanol–water partition coefficient (Wildman–Crippen LogP) is 1.67. The van der Waals surface area contributed by atoms with E-state index in [9.17, 15) is 14.4 Å². The highest BCUT2D eigenvalue weighted by atomic mass is 35.5. The lowest BCUT2D eigenvalue weighted by atomic mass is 10.1. The number of rotatable bonds is 6. The van der Waals surface area contributed by atoms with E-state index in [4.69, 9.17) is 28.3 Å². The summed E-state index contributed by atoms with van der Waals surface area (Å²) in [5, 5.41) is 11.8. The first-order valence-electron chi connectivity index (χ1n) is 5.87. The summed E-state index contributed by atoms with van der Waals surface area (Å²) in [5.41, 5.74) is 0.389. The summed E-state index contributed by atoms with van der Waals surface area (Å²) in [4.78, 5) is 34.0. The number of nitrogens with one attached hydrogen (secondary N) is 1. The molecule has 1 amide bonds. The standard InChI is InChI=1S/C13H13Cl2NO5/c1-21-12(18)6-10(13(19)20)16-11(17)5-7-8(14)3-2-4-9(7)15/h2-4,10H,5-6H2,1H3,(H,16,17)(H,19,20)/t10-/m0/s1. The summed E-state index contributed by atoms with van der Waals surface area (Å²) < 4.78 is 4.37. The zero-order valence-corrected chi connectivity index (χ0v) is 12.6. The van der Waals surface area contributed by atoms with E-state index < -0.39 is 30.3 Å². The second-order valence-electron chi connectivity index (χ2n) is 4.12. The molecule has 0 spiro atoms. The molecule has 0 heterocycles. The number of carboxylic acids is 1. The third kappa shape index (κ3) is 5.24. The number of hydrogen-bond acceptors (Lipinski definition) is 4. The van der Waals surface area contributed by atoms with Crippen LogP contribution < -0.4 is 5.32 Å². The molecule has 0 bridgehead atoms. The largest absolute Gasteiger partial charge is 0.480 e. The minimum absolute atomic E-state index is 0.191. The molecule has 0 aliphatic heterocycles. The molecule has 0 fully saturated rings. The van der Waals surface area contributed by atoms with Crippen LogP contribution in [0.3, 0.4) is 0 Å². The van der Waals surface area contributed by atoms with Crippen molar-refractivity contribution < 1.29 is 24.2 Å². The van der Waals surface area contributed by atoms with Crippen molar-refractivity contribution in [3.05, 3.63) is 33.8 Å². The van der Waals surface area contributed by atoms with Crippen molar-refractivity contribution >= 4 is 41.0 Å². The Morgan fingerprint density at radius 3 is 2.33 bits per heavy atom. The average Bonchev–Trinajstić information content (AvgIpc) is 2.42. The normalized spacial score (nSPS) is 11.6. The summed E-state index contributed by atoms with van der Waals surface area (Å²) in [6, 6.07) is 3.40. The molecule has 21 heavy (non-hydrogen) atoms. The van der Waals surface area contributed by atoms with Crippen LogP contribution in [0.15, 0.2) is 18.2 Å². The number of carboxylic acid groups (broad SMARTS) is 1.